The van der Waals surface area contributed by atoms with Crippen molar-refractivity contribution in [3.8, 4) is 17.0 Å². The van der Waals surface area contributed by atoms with Gasteiger partial charge in [0.25, 0.3) is 5.69 Å². The van der Waals surface area contributed by atoms with Crippen LogP contribution < -0.4 is 4.74 Å². The molecule has 7 heteroatoms. The number of pyridine rings is 1. The fraction of sp³-hybridized carbons (Fsp3) is 0.263. The van der Waals surface area contributed by atoms with Crippen LogP contribution in [0.1, 0.15) is 26.7 Å². The van der Waals surface area contributed by atoms with E-state index in [0.717, 1.165) is 18.4 Å². The van der Waals surface area contributed by atoms with E-state index in [2.05, 4.69) is 4.98 Å². The minimum absolute atomic E-state index is 0.00473. The molecule has 0 atom stereocenters. The third-order valence-electron chi connectivity index (χ3n) is 4.33. The van der Waals surface area contributed by atoms with Crippen LogP contribution in [0.3, 0.4) is 0 Å². The molecule has 134 valence electrons. The van der Waals surface area contributed by atoms with Crippen LogP contribution in [0.5, 0.6) is 5.75 Å². The Labute approximate surface area is 150 Å². The molecule has 2 aromatic heterocycles. The van der Waals surface area contributed by atoms with E-state index in [9.17, 15) is 14.9 Å². The number of nitrogens with zero attached hydrogens (tertiary/aromatic N) is 3. The summed E-state index contributed by atoms with van der Waals surface area (Å²) >= 11 is 0. The third kappa shape index (κ3) is 3.56. The lowest BCUT2D eigenvalue weighted by Crippen LogP contribution is -2.19. The monoisotopic (exact) mass is 353 g/mol. The molecule has 0 amide bonds. The van der Waals surface area contributed by atoms with Crippen molar-refractivity contribution >= 4 is 17.3 Å². The molecule has 0 spiro atoms. The zero-order valence-corrected chi connectivity index (χ0v) is 14.6. The Balaban J connectivity index is 1.81. The first-order valence-corrected chi connectivity index (χ1v) is 8.47. The lowest BCUT2D eigenvalue weighted by atomic mass is 10.0. The van der Waals surface area contributed by atoms with Gasteiger partial charge in [-0.1, -0.05) is 13.8 Å². The number of benzene rings is 1. The molecule has 1 aromatic carbocycles. The van der Waals surface area contributed by atoms with Gasteiger partial charge in [-0.25, -0.2) is 4.98 Å². The number of ether oxygens (including phenoxy) is 1. The molecule has 0 N–H and O–H groups in total. The average molecular weight is 353 g/mol. The maximum atomic E-state index is 12.0. The maximum absolute atomic E-state index is 12.0. The molecular formula is C19H19N3O4. The number of fused-ring (bicyclic) bond motifs is 1. The fourth-order valence-electron chi connectivity index (χ4n) is 2.74. The second-order valence-electron chi connectivity index (χ2n) is 5.99. The van der Waals surface area contributed by atoms with Crippen molar-refractivity contribution in [3.63, 3.8) is 0 Å². The van der Waals surface area contributed by atoms with E-state index in [1.165, 1.54) is 12.3 Å². The predicted octanol–water partition coefficient (Wildman–Crippen LogP) is 4.25. The minimum atomic E-state index is -0.442. The number of hydrogen-bond donors (Lipinski definition) is 0. The Kier molecular flexibility index (Phi) is 4.97. The lowest BCUT2D eigenvalue weighted by molar-refractivity contribution is -0.385. The van der Waals surface area contributed by atoms with Crippen LogP contribution >= 0.6 is 0 Å². The highest BCUT2D eigenvalue weighted by atomic mass is 16.6. The molecule has 0 saturated heterocycles. The van der Waals surface area contributed by atoms with Gasteiger partial charge in [0.15, 0.2) is 0 Å². The SMILES string of the molecule is CCC(CC)C(=O)Oc1ccc(-c2cn3cc([N+](=O)[O-])ccc3n2)cc1. The Morgan fingerprint density at radius 2 is 1.85 bits per heavy atom. The van der Waals surface area contributed by atoms with Gasteiger partial charge in [0, 0.05) is 17.8 Å². The van der Waals surface area contributed by atoms with Gasteiger partial charge in [0.2, 0.25) is 0 Å². The van der Waals surface area contributed by atoms with E-state index in [1.807, 2.05) is 26.0 Å². The molecule has 0 fully saturated rings. The average Bonchev–Trinajstić information content (AvgIpc) is 3.06. The number of nitro groups is 1. The summed E-state index contributed by atoms with van der Waals surface area (Å²) in [5, 5.41) is 10.9. The van der Waals surface area contributed by atoms with E-state index >= 15 is 0 Å². The molecule has 0 aliphatic rings. The van der Waals surface area contributed by atoms with Crippen LogP contribution in [0, 0.1) is 16.0 Å². The lowest BCUT2D eigenvalue weighted by Gasteiger charge is -2.11. The number of esters is 1. The van der Waals surface area contributed by atoms with Crippen molar-refractivity contribution in [3.05, 3.63) is 58.9 Å². The van der Waals surface area contributed by atoms with Crippen molar-refractivity contribution in [1.29, 1.82) is 0 Å². The zero-order valence-electron chi connectivity index (χ0n) is 14.6. The van der Waals surface area contributed by atoms with Crippen LogP contribution in [0.2, 0.25) is 0 Å². The molecule has 0 unspecified atom stereocenters. The molecule has 2 heterocycles. The van der Waals surface area contributed by atoms with Gasteiger partial charge in [-0.05, 0) is 43.2 Å². The summed E-state index contributed by atoms with van der Waals surface area (Å²) in [4.78, 5) is 26.9. The predicted molar refractivity (Wildman–Crippen MR) is 97.0 cm³/mol. The molecule has 0 radical (unpaired) electrons. The Morgan fingerprint density at radius 1 is 1.15 bits per heavy atom. The largest absolute Gasteiger partial charge is 0.426 e. The van der Waals surface area contributed by atoms with Gasteiger partial charge in [-0.2, -0.15) is 0 Å². The van der Waals surface area contributed by atoms with Crippen LogP contribution in [0.25, 0.3) is 16.9 Å². The van der Waals surface area contributed by atoms with Gasteiger partial charge in [0.1, 0.15) is 11.4 Å². The summed E-state index contributed by atoms with van der Waals surface area (Å²) in [6.07, 6.45) is 4.66. The van der Waals surface area contributed by atoms with Crippen molar-refractivity contribution < 1.29 is 14.5 Å². The molecule has 0 aliphatic carbocycles. The summed E-state index contributed by atoms with van der Waals surface area (Å²) in [7, 11) is 0. The summed E-state index contributed by atoms with van der Waals surface area (Å²) in [6, 6.07) is 10.1. The molecule has 0 bridgehead atoms. The van der Waals surface area contributed by atoms with E-state index in [-0.39, 0.29) is 17.6 Å². The van der Waals surface area contributed by atoms with Gasteiger partial charge in [-0.3, -0.25) is 19.3 Å². The highest BCUT2D eigenvalue weighted by molar-refractivity contribution is 5.75. The highest BCUT2D eigenvalue weighted by Crippen LogP contribution is 2.24. The number of imidazole rings is 1. The number of carbonyl (C=O) groups is 1. The summed E-state index contributed by atoms with van der Waals surface area (Å²) in [6.45, 7) is 3.93. The Hall–Kier alpha value is -3.22. The van der Waals surface area contributed by atoms with Crippen LogP contribution in [0.4, 0.5) is 5.69 Å². The number of rotatable bonds is 6. The Morgan fingerprint density at radius 3 is 2.46 bits per heavy atom. The van der Waals surface area contributed by atoms with Crippen LogP contribution in [-0.2, 0) is 4.79 Å². The topological polar surface area (TPSA) is 86.7 Å². The number of carbonyl (C=O) groups excluding carboxylic acids is 1. The van der Waals surface area contributed by atoms with Gasteiger partial charge in [-0.15, -0.1) is 0 Å². The van der Waals surface area contributed by atoms with Gasteiger partial charge < -0.3 is 4.74 Å². The number of aromatic nitrogens is 2. The van der Waals surface area contributed by atoms with E-state index in [0.29, 0.717) is 17.1 Å². The van der Waals surface area contributed by atoms with Crippen molar-refractivity contribution in [2.75, 3.05) is 0 Å². The van der Waals surface area contributed by atoms with Gasteiger partial charge in [0.05, 0.1) is 22.7 Å². The summed E-state index contributed by atoms with van der Waals surface area (Å²) < 4.78 is 7.03. The summed E-state index contributed by atoms with van der Waals surface area (Å²) in [5.74, 6) is 0.178. The first-order chi connectivity index (χ1) is 12.5. The summed E-state index contributed by atoms with van der Waals surface area (Å²) in [5.41, 5.74) is 2.14. The Bertz CT molecular complexity index is 943. The quantitative estimate of drug-likeness (QED) is 0.286. The molecule has 0 saturated carbocycles. The second kappa shape index (κ2) is 7.35. The van der Waals surface area contributed by atoms with Gasteiger partial charge >= 0.3 is 5.97 Å². The van der Waals surface area contributed by atoms with Crippen LogP contribution in [0.15, 0.2) is 48.8 Å². The van der Waals surface area contributed by atoms with Crippen molar-refractivity contribution in [2.24, 2.45) is 5.92 Å². The fourth-order valence-corrected chi connectivity index (χ4v) is 2.74. The van der Waals surface area contributed by atoms with Crippen LogP contribution in [-0.4, -0.2) is 20.3 Å². The molecule has 0 aliphatic heterocycles. The maximum Gasteiger partial charge on any atom is 0.314 e. The smallest absolute Gasteiger partial charge is 0.314 e. The second-order valence-corrected chi connectivity index (χ2v) is 5.99. The van der Waals surface area contributed by atoms with Crippen molar-refractivity contribution in [1.82, 2.24) is 9.38 Å². The first-order valence-electron chi connectivity index (χ1n) is 8.47. The zero-order chi connectivity index (χ0) is 18.7. The van der Waals surface area contributed by atoms with Crippen molar-refractivity contribution in [2.45, 2.75) is 26.7 Å². The molecule has 3 rings (SSSR count). The van der Waals surface area contributed by atoms with E-state index < -0.39 is 4.92 Å². The normalized spacial score (nSPS) is 11.0. The van der Waals surface area contributed by atoms with E-state index in [4.69, 9.17) is 4.74 Å². The molecular weight excluding hydrogens is 334 g/mol. The molecule has 7 nitrogen and oxygen atoms in total. The highest BCUT2D eigenvalue weighted by Gasteiger charge is 2.16. The van der Waals surface area contributed by atoms with E-state index in [1.54, 1.807) is 28.8 Å². The number of hydrogen-bond acceptors (Lipinski definition) is 5. The molecule has 26 heavy (non-hydrogen) atoms. The first kappa shape index (κ1) is 17.6. The third-order valence-corrected chi connectivity index (χ3v) is 4.33. The standard InChI is InChI=1S/C19H19N3O4/c1-3-13(4-2)19(23)26-16-8-5-14(6-9-16)17-12-21-11-15(22(24)25)7-10-18(21)20-17/h5-13H,3-4H2,1-2H3. The minimum Gasteiger partial charge on any atom is -0.426 e. The molecule has 3 aromatic rings.